The van der Waals surface area contributed by atoms with Gasteiger partial charge in [0.15, 0.2) is 0 Å². The average Bonchev–Trinajstić information content (AvgIpc) is 2.54. The summed E-state index contributed by atoms with van der Waals surface area (Å²) in [6, 6.07) is 5.33. The molecule has 0 aliphatic carbocycles. The second-order valence-corrected chi connectivity index (χ2v) is 7.75. The van der Waals surface area contributed by atoms with Gasteiger partial charge in [-0.25, -0.2) is 4.98 Å². The molecule has 0 amide bonds. The van der Waals surface area contributed by atoms with Crippen LogP contribution < -0.4 is 5.56 Å². The Morgan fingerprint density at radius 3 is 2.62 bits per heavy atom. The molecular weight excluding hydrogens is 343 g/mol. The molecular formula is C19H22F3N3O. The molecule has 140 valence electrons. The molecule has 4 nitrogen and oxygen atoms in total. The van der Waals surface area contributed by atoms with Crippen molar-refractivity contribution in [2.75, 3.05) is 6.54 Å². The van der Waals surface area contributed by atoms with Crippen molar-refractivity contribution in [2.24, 2.45) is 0 Å². The highest BCUT2D eigenvalue weighted by Gasteiger charge is 2.31. The van der Waals surface area contributed by atoms with Crippen LogP contribution in [0.25, 0.3) is 0 Å². The average molecular weight is 365 g/mol. The van der Waals surface area contributed by atoms with Gasteiger partial charge < -0.3 is 4.98 Å². The van der Waals surface area contributed by atoms with Crippen molar-refractivity contribution in [3.05, 3.63) is 62.8 Å². The number of alkyl halides is 3. The molecule has 7 heteroatoms. The van der Waals surface area contributed by atoms with Gasteiger partial charge in [-0.3, -0.25) is 9.69 Å². The smallest absolute Gasteiger partial charge is 0.310 e. The fourth-order valence-electron chi connectivity index (χ4n) is 3.08. The fraction of sp³-hybridized carbons (Fsp3) is 0.474. The number of nitrogens with zero attached hydrogens (tertiary/aromatic N) is 2. The van der Waals surface area contributed by atoms with Gasteiger partial charge in [0.05, 0.1) is 16.8 Å². The first-order valence-corrected chi connectivity index (χ1v) is 8.55. The summed E-state index contributed by atoms with van der Waals surface area (Å²) in [7, 11) is 0. The number of halogens is 3. The van der Waals surface area contributed by atoms with Gasteiger partial charge in [-0.1, -0.05) is 39.0 Å². The molecule has 0 spiro atoms. The highest BCUT2D eigenvalue weighted by molar-refractivity contribution is 5.27. The normalized spacial score (nSPS) is 15.8. The molecule has 0 saturated heterocycles. The molecule has 1 aliphatic rings. The number of nitrogens with one attached hydrogen (secondary N) is 1. The summed E-state index contributed by atoms with van der Waals surface area (Å²) in [4.78, 5) is 21.9. The Morgan fingerprint density at radius 2 is 1.96 bits per heavy atom. The third kappa shape index (κ3) is 3.98. The third-order valence-electron chi connectivity index (χ3n) is 4.52. The number of rotatable bonds is 2. The van der Waals surface area contributed by atoms with Crippen molar-refractivity contribution >= 4 is 0 Å². The van der Waals surface area contributed by atoms with Crippen LogP contribution in [0.4, 0.5) is 13.2 Å². The van der Waals surface area contributed by atoms with Crippen LogP contribution in [0.15, 0.2) is 29.1 Å². The summed E-state index contributed by atoms with van der Waals surface area (Å²) >= 11 is 0. The van der Waals surface area contributed by atoms with Gasteiger partial charge in [0.25, 0.3) is 5.56 Å². The summed E-state index contributed by atoms with van der Waals surface area (Å²) in [5.74, 6) is 0.660. The summed E-state index contributed by atoms with van der Waals surface area (Å²) in [5.41, 5.74) is 0.924. The summed E-state index contributed by atoms with van der Waals surface area (Å²) < 4.78 is 38.6. The van der Waals surface area contributed by atoms with E-state index in [0.29, 0.717) is 43.0 Å². The van der Waals surface area contributed by atoms with Gasteiger partial charge in [0, 0.05) is 31.5 Å². The highest BCUT2D eigenvalue weighted by atomic mass is 19.4. The van der Waals surface area contributed by atoms with Crippen molar-refractivity contribution in [1.82, 2.24) is 14.9 Å². The number of benzene rings is 1. The van der Waals surface area contributed by atoms with Crippen LogP contribution in [0.1, 0.15) is 49.0 Å². The largest absolute Gasteiger partial charge is 0.416 e. The second kappa shape index (κ2) is 6.54. The van der Waals surface area contributed by atoms with Gasteiger partial charge in [-0.05, 0) is 11.6 Å². The highest BCUT2D eigenvalue weighted by Crippen LogP contribution is 2.30. The lowest BCUT2D eigenvalue weighted by Gasteiger charge is -2.29. The molecule has 3 rings (SSSR count). The minimum Gasteiger partial charge on any atom is -0.310 e. The quantitative estimate of drug-likeness (QED) is 0.884. The van der Waals surface area contributed by atoms with E-state index in [-0.39, 0.29) is 11.0 Å². The Hall–Kier alpha value is -2.15. The number of aromatic nitrogens is 2. The van der Waals surface area contributed by atoms with Gasteiger partial charge >= 0.3 is 6.18 Å². The number of H-pyrrole nitrogens is 1. The van der Waals surface area contributed by atoms with Crippen molar-refractivity contribution in [2.45, 2.75) is 51.9 Å². The molecule has 0 atom stereocenters. The molecule has 0 unspecified atom stereocenters. The first-order chi connectivity index (χ1) is 12.0. The van der Waals surface area contributed by atoms with Gasteiger partial charge in [-0.15, -0.1) is 0 Å². The first kappa shape index (κ1) is 18.6. The Balaban J connectivity index is 1.80. The monoisotopic (exact) mass is 365 g/mol. The zero-order valence-corrected chi connectivity index (χ0v) is 15.1. The van der Waals surface area contributed by atoms with E-state index in [2.05, 4.69) is 9.97 Å². The molecule has 1 N–H and O–H groups in total. The van der Waals surface area contributed by atoms with E-state index in [1.165, 1.54) is 12.1 Å². The minimum absolute atomic E-state index is 0.159. The Labute approximate surface area is 150 Å². The number of fused-ring (bicyclic) bond motifs is 1. The Bertz CT molecular complexity index is 866. The third-order valence-corrected chi connectivity index (χ3v) is 4.52. The van der Waals surface area contributed by atoms with E-state index in [1.54, 1.807) is 6.07 Å². The molecule has 1 aliphatic heterocycles. The fourth-order valence-corrected chi connectivity index (χ4v) is 3.08. The van der Waals surface area contributed by atoms with E-state index in [9.17, 15) is 18.0 Å². The molecule has 0 fully saturated rings. The number of hydrogen-bond acceptors (Lipinski definition) is 3. The van der Waals surface area contributed by atoms with Crippen LogP contribution in [0.5, 0.6) is 0 Å². The van der Waals surface area contributed by atoms with E-state index in [4.69, 9.17) is 0 Å². The molecule has 1 aromatic heterocycles. The minimum atomic E-state index is -4.35. The maximum Gasteiger partial charge on any atom is 0.416 e. The zero-order valence-electron chi connectivity index (χ0n) is 15.1. The van der Waals surface area contributed by atoms with Crippen LogP contribution in [-0.4, -0.2) is 21.4 Å². The molecule has 0 bridgehead atoms. The Kier molecular flexibility index (Phi) is 4.69. The summed E-state index contributed by atoms with van der Waals surface area (Å²) in [6.07, 6.45) is -3.74. The maximum absolute atomic E-state index is 12.9. The molecule has 26 heavy (non-hydrogen) atoms. The number of aromatic amines is 1. The van der Waals surface area contributed by atoms with Crippen LogP contribution >= 0.6 is 0 Å². The SMILES string of the molecule is CC(C)(C)c1nc2c(c(=O)[nH]1)CN(Cc1cccc(C(F)(F)F)c1)CC2. The number of hydrogen-bond donors (Lipinski definition) is 1. The molecule has 2 aromatic rings. The van der Waals surface area contributed by atoms with E-state index >= 15 is 0 Å². The van der Waals surface area contributed by atoms with E-state index < -0.39 is 11.7 Å². The first-order valence-electron chi connectivity index (χ1n) is 8.55. The zero-order chi connectivity index (χ0) is 19.1. The van der Waals surface area contributed by atoms with E-state index in [1.807, 2.05) is 25.7 Å². The van der Waals surface area contributed by atoms with Crippen molar-refractivity contribution in [3.8, 4) is 0 Å². The van der Waals surface area contributed by atoms with Gasteiger partial charge in [0.1, 0.15) is 5.82 Å². The van der Waals surface area contributed by atoms with Gasteiger partial charge in [-0.2, -0.15) is 13.2 Å². The second-order valence-electron chi connectivity index (χ2n) is 7.75. The Morgan fingerprint density at radius 1 is 1.23 bits per heavy atom. The van der Waals surface area contributed by atoms with Crippen molar-refractivity contribution in [3.63, 3.8) is 0 Å². The lowest BCUT2D eigenvalue weighted by molar-refractivity contribution is -0.137. The van der Waals surface area contributed by atoms with Crippen LogP contribution in [0.3, 0.4) is 0 Å². The lowest BCUT2D eigenvalue weighted by atomic mass is 9.95. The predicted molar refractivity (Wildman–Crippen MR) is 92.8 cm³/mol. The molecule has 0 saturated carbocycles. The maximum atomic E-state index is 12.9. The van der Waals surface area contributed by atoms with E-state index in [0.717, 1.165) is 11.8 Å². The topological polar surface area (TPSA) is 49.0 Å². The lowest BCUT2D eigenvalue weighted by Crippen LogP contribution is -2.37. The molecule has 1 aromatic carbocycles. The van der Waals surface area contributed by atoms with Crippen molar-refractivity contribution < 1.29 is 13.2 Å². The predicted octanol–water partition coefficient (Wildman–Crippen LogP) is 3.64. The molecule has 0 radical (unpaired) electrons. The summed E-state index contributed by atoms with van der Waals surface area (Å²) in [6.45, 7) is 7.37. The molecule has 2 heterocycles. The van der Waals surface area contributed by atoms with Gasteiger partial charge in [0.2, 0.25) is 0 Å². The van der Waals surface area contributed by atoms with Crippen LogP contribution in [0.2, 0.25) is 0 Å². The van der Waals surface area contributed by atoms with Crippen LogP contribution in [0, 0.1) is 0 Å². The van der Waals surface area contributed by atoms with Crippen LogP contribution in [-0.2, 0) is 31.1 Å². The van der Waals surface area contributed by atoms with Crippen molar-refractivity contribution in [1.29, 1.82) is 0 Å². The summed E-state index contributed by atoms with van der Waals surface area (Å²) in [5, 5.41) is 0. The standard InChI is InChI=1S/C19H22F3N3O/c1-18(2,3)17-23-15-7-8-25(11-14(15)16(26)24-17)10-12-5-4-6-13(9-12)19(20,21)22/h4-6,9H,7-8,10-11H2,1-3H3,(H,23,24,26).